The van der Waals surface area contributed by atoms with E-state index in [0.29, 0.717) is 40.0 Å². The molecule has 4 saturated carbocycles. The Balaban J connectivity index is 0.714. The fourth-order valence-electron chi connectivity index (χ4n) is 11.9. The first-order valence-electron chi connectivity index (χ1n) is 25.0. The molecule has 2 amide bonds. The number of amides is 2. The molecule has 0 atom stereocenters. The second kappa shape index (κ2) is 21.6. The fourth-order valence-corrected chi connectivity index (χ4v) is 11.9. The van der Waals surface area contributed by atoms with Crippen LogP contribution in [-0.2, 0) is 9.59 Å². The first kappa shape index (κ1) is 46.6. The SMILES string of the molecule is COc1cc(N2CCN(CCCCCCCCCCCCNC(=O)CC34CC5CC(CC(C5)C3)C4)CC2)ccc1Nc1ncc2c(C)cc(=O)n(-c3cccc(NC(=O)C(C)C)c3)c2n1. The molecule has 5 fully saturated rings. The van der Waals surface area contributed by atoms with E-state index in [-0.39, 0.29) is 17.4 Å². The Morgan fingerprint density at radius 3 is 2.14 bits per heavy atom. The number of nitrogens with one attached hydrogen (secondary N) is 3. The van der Waals surface area contributed by atoms with Crippen LogP contribution in [0, 0.1) is 36.0 Å². The summed E-state index contributed by atoms with van der Waals surface area (Å²) in [6, 6.07) is 15.0. The van der Waals surface area contributed by atoms with Crippen LogP contribution in [0.3, 0.4) is 0 Å². The first-order chi connectivity index (χ1) is 31.5. The van der Waals surface area contributed by atoms with Gasteiger partial charge >= 0.3 is 0 Å². The number of carbonyl (C=O) groups excluding carboxylic acids is 2. The van der Waals surface area contributed by atoms with Gasteiger partial charge in [-0.2, -0.15) is 4.98 Å². The normalized spacial score (nSPS) is 21.6. The number of piperazine rings is 1. The number of hydrogen-bond donors (Lipinski definition) is 3. The van der Waals surface area contributed by atoms with Crippen molar-refractivity contribution in [2.45, 2.75) is 130 Å². The lowest BCUT2D eigenvalue weighted by atomic mass is 9.49. The summed E-state index contributed by atoms with van der Waals surface area (Å²) >= 11 is 0. The lowest BCUT2D eigenvalue weighted by molar-refractivity contribution is -0.129. The minimum Gasteiger partial charge on any atom is -0.494 e. The fraction of sp³-hybridized carbons (Fsp3) is 0.604. The molecular weight excluding hydrogens is 813 g/mol. The highest BCUT2D eigenvalue weighted by Crippen LogP contribution is 2.61. The summed E-state index contributed by atoms with van der Waals surface area (Å²) in [7, 11) is 1.67. The third kappa shape index (κ3) is 11.9. The number of unbranched alkanes of at least 4 members (excludes halogenated alkanes) is 9. The molecule has 4 bridgehead atoms. The molecule has 9 rings (SSSR count). The molecule has 350 valence electrons. The van der Waals surface area contributed by atoms with Gasteiger partial charge in [-0.05, 0) is 124 Å². The number of ether oxygens (including phenoxy) is 1. The van der Waals surface area contributed by atoms with Gasteiger partial charge in [0.1, 0.15) is 5.75 Å². The van der Waals surface area contributed by atoms with Crippen LogP contribution in [0.4, 0.5) is 23.0 Å². The predicted molar refractivity (Wildman–Crippen MR) is 263 cm³/mol. The van der Waals surface area contributed by atoms with E-state index in [4.69, 9.17) is 9.72 Å². The van der Waals surface area contributed by atoms with Crippen LogP contribution < -0.4 is 31.1 Å². The third-order valence-electron chi connectivity index (χ3n) is 15.0. The van der Waals surface area contributed by atoms with Crippen LogP contribution in [0.2, 0.25) is 0 Å². The molecule has 1 aliphatic heterocycles. The molecule has 0 radical (unpaired) electrons. The molecule has 2 aromatic carbocycles. The number of fused-ring (bicyclic) bond motifs is 1. The number of pyridine rings is 1. The van der Waals surface area contributed by atoms with Crippen molar-refractivity contribution in [1.82, 2.24) is 24.8 Å². The maximum absolute atomic E-state index is 13.4. The van der Waals surface area contributed by atoms with E-state index in [0.717, 1.165) is 85.6 Å². The van der Waals surface area contributed by atoms with Crippen LogP contribution >= 0.6 is 0 Å². The van der Waals surface area contributed by atoms with Gasteiger partial charge in [0.2, 0.25) is 17.8 Å². The Hall–Kier alpha value is -4.97. The van der Waals surface area contributed by atoms with E-state index < -0.39 is 0 Å². The third-order valence-corrected chi connectivity index (χ3v) is 15.0. The molecule has 0 spiro atoms. The number of carbonyl (C=O) groups is 2. The van der Waals surface area contributed by atoms with Crippen LogP contribution in [-0.4, -0.2) is 77.6 Å². The number of aromatic nitrogens is 3. The van der Waals surface area contributed by atoms with Gasteiger partial charge in [0, 0.05) is 80.2 Å². The van der Waals surface area contributed by atoms with Crippen molar-refractivity contribution >= 4 is 45.9 Å². The van der Waals surface area contributed by atoms with E-state index in [2.05, 4.69) is 42.9 Å². The van der Waals surface area contributed by atoms with Crippen LogP contribution in [0.5, 0.6) is 5.75 Å². The minimum atomic E-state index is -0.224. The van der Waals surface area contributed by atoms with Crippen molar-refractivity contribution in [2.24, 2.45) is 29.1 Å². The van der Waals surface area contributed by atoms with Crippen molar-refractivity contribution in [3.8, 4) is 11.4 Å². The maximum atomic E-state index is 13.4. The Bertz CT molecular complexity index is 2280. The summed E-state index contributed by atoms with van der Waals surface area (Å²) in [6.45, 7) is 11.6. The molecular formula is C53H74N8O4. The summed E-state index contributed by atoms with van der Waals surface area (Å²) in [4.78, 5) is 53.1. The summed E-state index contributed by atoms with van der Waals surface area (Å²) in [5, 5.41) is 10.3. The van der Waals surface area contributed by atoms with Gasteiger partial charge in [0.15, 0.2) is 5.65 Å². The zero-order valence-electron chi connectivity index (χ0n) is 39.6. The van der Waals surface area contributed by atoms with E-state index in [1.54, 1.807) is 30.0 Å². The number of benzene rings is 2. The Morgan fingerprint density at radius 1 is 0.815 bits per heavy atom. The monoisotopic (exact) mass is 887 g/mol. The van der Waals surface area contributed by atoms with Crippen molar-refractivity contribution < 1.29 is 14.3 Å². The summed E-state index contributed by atoms with van der Waals surface area (Å²) < 4.78 is 7.41. The molecule has 3 heterocycles. The molecule has 0 unspecified atom stereocenters. The summed E-state index contributed by atoms with van der Waals surface area (Å²) in [5.41, 5.74) is 4.42. The number of hydrogen-bond acceptors (Lipinski definition) is 9. The molecule has 3 N–H and O–H groups in total. The van der Waals surface area contributed by atoms with E-state index in [1.165, 1.54) is 103 Å². The smallest absolute Gasteiger partial charge is 0.257 e. The maximum Gasteiger partial charge on any atom is 0.257 e. The van der Waals surface area contributed by atoms with Gasteiger partial charge in [-0.25, -0.2) is 4.98 Å². The van der Waals surface area contributed by atoms with E-state index in [9.17, 15) is 14.4 Å². The van der Waals surface area contributed by atoms with E-state index >= 15 is 0 Å². The lowest BCUT2D eigenvalue weighted by Gasteiger charge is -2.56. The predicted octanol–water partition coefficient (Wildman–Crippen LogP) is 10.2. The lowest BCUT2D eigenvalue weighted by Crippen LogP contribution is -2.48. The average molecular weight is 887 g/mol. The van der Waals surface area contributed by atoms with Gasteiger partial charge in [-0.3, -0.25) is 23.9 Å². The molecule has 4 aliphatic carbocycles. The van der Waals surface area contributed by atoms with Gasteiger partial charge < -0.3 is 25.6 Å². The number of anilines is 4. The van der Waals surface area contributed by atoms with Crippen LogP contribution in [0.15, 0.2) is 59.5 Å². The summed E-state index contributed by atoms with van der Waals surface area (Å²) in [5.74, 6) is 3.83. The molecule has 2 aromatic heterocycles. The number of aryl methyl sites for hydroxylation is 1. The molecule has 1 saturated heterocycles. The van der Waals surface area contributed by atoms with Crippen molar-refractivity contribution in [2.75, 3.05) is 61.9 Å². The van der Waals surface area contributed by atoms with E-state index in [1.807, 2.05) is 45.0 Å². The Kier molecular flexibility index (Phi) is 15.4. The Morgan fingerprint density at radius 2 is 1.48 bits per heavy atom. The average Bonchev–Trinajstić information content (AvgIpc) is 3.27. The first-order valence-corrected chi connectivity index (χ1v) is 25.0. The molecule has 12 nitrogen and oxygen atoms in total. The second-order valence-electron chi connectivity index (χ2n) is 20.4. The van der Waals surface area contributed by atoms with Gasteiger partial charge in [-0.1, -0.05) is 71.3 Å². The zero-order chi connectivity index (χ0) is 45.3. The van der Waals surface area contributed by atoms with Crippen LogP contribution in [0.25, 0.3) is 16.7 Å². The highest BCUT2D eigenvalue weighted by Gasteiger charge is 2.51. The highest BCUT2D eigenvalue weighted by atomic mass is 16.5. The number of nitrogens with zero attached hydrogens (tertiary/aromatic N) is 5. The van der Waals surface area contributed by atoms with Gasteiger partial charge in [0.05, 0.1) is 18.5 Å². The topological polar surface area (TPSA) is 134 Å². The van der Waals surface area contributed by atoms with Crippen molar-refractivity contribution in [3.63, 3.8) is 0 Å². The van der Waals surface area contributed by atoms with Crippen LogP contribution in [0.1, 0.15) is 129 Å². The molecule has 4 aromatic rings. The Labute approximate surface area is 386 Å². The number of rotatable bonds is 22. The van der Waals surface area contributed by atoms with Gasteiger partial charge in [-0.15, -0.1) is 0 Å². The van der Waals surface area contributed by atoms with Crippen molar-refractivity contribution in [3.05, 3.63) is 70.6 Å². The number of methoxy groups -OCH3 is 1. The molecule has 5 aliphatic rings. The molecule has 12 heteroatoms. The zero-order valence-corrected chi connectivity index (χ0v) is 39.6. The largest absolute Gasteiger partial charge is 0.494 e. The molecule has 65 heavy (non-hydrogen) atoms. The summed E-state index contributed by atoms with van der Waals surface area (Å²) in [6.07, 6.45) is 23.7. The minimum absolute atomic E-state index is 0.0968. The highest BCUT2D eigenvalue weighted by molar-refractivity contribution is 5.92. The standard InChI is InChI=1S/C53H74N8O4/c1-37(2)51(64)56-42-16-15-17-44(30-42)61-49(63)26-38(3)45-36-55-52(58-50(45)61)57-46-19-18-43(31-47(46)65-4)60-24-22-59(23-25-60)21-14-12-10-8-6-5-7-9-11-13-20-54-48(62)35-53-32-39-27-40(33-53)29-41(28-39)34-53/h15-19,26,30-31,36-37,39-41H,5-14,20-25,27-29,32-35H2,1-4H3,(H,54,62)(H,56,64)(H,55,57,58). The van der Waals surface area contributed by atoms with Crippen molar-refractivity contribution in [1.29, 1.82) is 0 Å². The second-order valence-corrected chi connectivity index (χ2v) is 20.4. The quantitative estimate of drug-likeness (QED) is 0.0660. The van der Waals surface area contributed by atoms with Gasteiger partial charge in [0.25, 0.3) is 5.56 Å².